The molecular formula is C14H24N2O3. The van der Waals surface area contributed by atoms with Crippen molar-refractivity contribution in [2.45, 2.75) is 71.1 Å². The van der Waals surface area contributed by atoms with E-state index in [1.54, 1.807) is 0 Å². The molecule has 1 unspecified atom stereocenters. The lowest BCUT2D eigenvalue weighted by Gasteiger charge is -2.12. The van der Waals surface area contributed by atoms with Crippen molar-refractivity contribution < 1.29 is 14.4 Å². The minimum Gasteiger partial charge on any atom is -0.474 e. The number of hydrogen-bond acceptors (Lipinski definition) is 4. The molecule has 5 nitrogen and oxygen atoms in total. The van der Waals surface area contributed by atoms with Crippen LogP contribution in [0.25, 0.3) is 0 Å². The third kappa shape index (κ3) is 5.41. The van der Waals surface area contributed by atoms with Crippen molar-refractivity contribution in [1.29, 1.82) is 0 Å². The van der Waals surface area contributed by atoms with Crippen molar-refractivity contribution in [3.63, 3.8) is 0 Å². The highest BCUT2D eigenvalue weighted by molar-refractivity contribution is 5.81. The Hall–Kier alpha value is -1.39. The number of aromatic nitrogens is 2. The Labute approximate surface area is 114 Å². The van der Waals surface area contributed by atoms with Gasteiger partial charge in [0.1, 0.15) is 0 Å². The Morgan fingerprint density at radius 1 is 1.16 bits per heavy atom. The van der Waals surface area contributed by atoms with E-state index in [0.717, 1.165) is 32.1 Å². The maximum atomic E-state index is 10.8. The van der Waals surface area contributed by atoms with Crippen molar-refractivity contribution in [3.05, 3.63) is 11.7 Å². The zero-order chi connectivity index (χ0) is 14.1. The highest BCUT2D eigenvalue weighted by atomic mass is 16.5. The minimum atomic E-state index is -1.15. The van der Waals surface area contributed by atoms with Crippen LogP contribution in [0.5, 0.6) is 0 Å². The van der Waals surface area contributed by atoms with E-state index in [2.05, 4.69) is 24.0 Å². The number of unbranched alkanes of at least 4 members (excludes halogenated alkanes) is 4. The van der Waals surface area contributed by atoms with Crippen LogP contribution in [0.15, 0.2) is 4.52 Å². The monoisotopic (exact) mass is 268 g/mol. The summed E-state index contributed by atoms with van der Waals surface area (Å²) >= 11 is 0. The summed E-state index contributed by atoms with van der Waals surface area (Å²) in [7, 11) is 0. The highest BCUT2D eigenvalue weighted by Crippen LogP contribution is 2.26. The quantitative estimate of drug-likeness (QED) is 0.649. The molecule has 1 aromatic rings. The van der Waals surface area contributed by atoms with Crippen LogP contribution in [0.4, 0.5) is 0 Å². The van der Waals surface area contributed by atoms with Gasteiger partial charge in [-0.2, -0.15) is 4.98 Å². The normalized spacial score (nSPS) is 12.5. The van der Waals surface area contributed by atoms with Crippen LogP contribution in [0.2, 0.25) is 0 Å². The van der Waals surface area contributed by atoms with E-state index in [9.17, 15) is 4.79 Å². The van der Waals surface area contributed by atoms with Crippen molar-refractivity contribution in [1.82, 2.24) is 10.1 Å². The van der Waals surface area contributed by atoms with E-state index in [-0.39, 0.29) is 11.8 Å². The van der Waals surface area contributed by atoms with Gasteiger partial charge in [-0.05, 0) is 12.8 Å². The van der Waals surface area contributed by atoms with Gasteiger partial charge in [0.15, 0.2) is 5.82 Å². The zero-order valence-corrected chi connectivity index (χ0v) is 11.9. The van der Waals surface area contributed by atoms with Crippen molar-refractivity contribution in [2.75, 3.05) is 0 Å². The number of aromatic carboxylic acids is 1. The first-order chi connectivity index (χ1) is 9.19. The van der Waals surface area contributed by atoms with Gasteiger partial charge in [-0.15, -0.1) is 0 Å². The van der Waals surface area contributed by atoms with Gasteiger partial charge in [-0.3, -0.25) is 0 Å². The summed E-state index contributed by atoms with van der Waals surface area (Å²) in [5, 5.41) is 12.6. The highest BCUT2D eigenvalue weighted by Gasteiger charge is 2.20. The van der Waals surface area contributed by atoms with Crippen molar-refractivity contribution in [2.24, 2.45) is 0 Å². The molecule has 0 fully saturated rings. The average Bonchev–Trinajstić information content (AvgIpc) is 2.87. The van der Waals surface area contributed by atoms with Gasteiger partial charge in [0, 0.05) is 5.92 Å². The van der Waals surface area contributed by atoms with Gasteiger partial charge in [0.05, 0.1) is 0 Å². The third-order valence-corrected chi connectivity index (χ3v) is 3.30. The fourth-order valence-electron chi connectivity index (χ4n) is 2.16. The second-order valence-electron chi connectivity index (χ2n) is 4.95. The molecule has 0 bridgehead atoms. The van der Waals surface area contributed by atoms with Crippen molar-refractivity contribution >= 4 is 5.97 Å². The molecule has 0 aliphatic rings. The second-order valence-corrected chi connectivity index (χ2v) is 4.95. The molecule has 5 heteroatoms. The Balaban J connectivity index is 2.57. The molecule has 1 aromatic heterocycles. The van der Waals surface area contributed by atoms with Gasteiger partial charge in [0.25, 0.3) is 0 Å². The molecule has 1 rings (SSSR count). The predicted octanol–water partition coefficient (Wildman–Crippen LogP) is 4.01. The number of nitrogens with zero attached hydrogens (tertiary/aromatic N) is 2. The van der Waals surface area contributed by atoms with Gasteiger partial charge in [-0.25, -0.2) is 4.79 Å². The molecule has 0 spiro atoms. The molecule has 1 N–H and O–H groups in total. The molecule has 0 saturated carbocycles. The molecule has 0 radical (unpaired) electrons. The van der Waals surface area contributed by atoms with E-state index in [1.807, 2.05) is 0 Å². The van der Waals surface area contributed by atoms with E-state index >= 15 is 0 Å². The molecule has 0 saturated heterocycles. The van der Waals surface area contributed by atoms with Crippen LogP contribution in [-0.4, -0.2) is 21.2 Å². The molecule has 0 amide bonds. The molecule has 19 heavy (non-hydrogen) atoms. The summed E-state index contributed by atoms with van der Waals surface area (Å²) in [6.45, 7) is 4.33. The Morgan fingerprint density at radius 3 is 2.42 bits per heavy atom. The van der Waals surface area contributed by atoms with Crippen LogP contribution in [0.3, 0.4) is 0 Å². The lowest BCUT2D eigenvalue weighted by Crippen LogP contribution is -2.03. The van der Waals surface area contributed by atoms with Crippen LogP contribution in [0, 0.1) is 0 Å². The lowest BCUT2D eigenvalue weighted by atomic mass is 9.94. The predicted molar refractivity (Wildman–Crippen MR) is 72.3 cm³/mol. The number of hydrogen-bond donors (Lipinski definition) is 1. The summed E-state index contributed by atoms with van der Waals surface area (Å²) in [6, 6.07) is 0. The van der Waals surface area contributed by atoms with Crippen LogP contribution >= 0.6 is 0 Å². The summed E-state index contributed by atoms with van der Waals surface area (Å²) in [6.07, 6.45) is 9.05. The largest absolute Gasteiger partial charge is 0.474 e. The molecule has 0 aliphatic heterocycles. The van der Waals surface area contributed by atoms with E-state index in [1.165, 1.54) is 19.3 Å². The van der Waals surface area contributed by atoms with E-state index in [0.29, 0.717) is 5.82 Å². The zero-order valence-electron chi connectivity index (χ0n) is 11.9. The summed E-state index contributed by atoms with van der Waals surface area (Å²) in [4.78, 5) is 14.7. The molecule has 0 aromatic carbocycles. The van der Waals surface area contributed by atoms with Crippen LogP contribution < -0.4 is 0 Å². The first-order valence-electron chi connectivity index (χ1n) is 7.25. The standard InChI is InChI=1S/C14H24N2O3/c1-3-5-7-8-10-11(9-6-4-2)12-15-13(14(17)18)19-16-12/h11H,3-10H2,1-2H3,(H,17,18). The molecule has 1 heterocycles. The molecular weight excluding hydrogens is 244 g/mol. The lowest BCUT2D eigenvalue weighted by molar-refractivity contribution is 0.0643. The van der Waals surface area contributed by atoms with Gasteiger partial charge >= 0.3 is 11.9 Å². The fourth-order valence-corrected chi connectivity index (χ4v) is 2.16. The van der Waals surface area contributed by atoms with Crippen LogP contribution in [-0.2, 0) is 0 Å². The van der Waals surface area contributed by atoms with E-state index < -0.39 is 5.97 Å². The first-order valence-corrected chi connectivity index (χ1v) is 7.25. The maximum absolute atomic E-state index is 10.8. The molecule has 1 atom stereocenters. The first kappa shape index (κ1) is 15.7. The smallest absolute Gasteiger partial charge is 0.394 e. The summed E-state index contributed by atoms with van der Waals surface area (Å²) in [5.74, 6) is -0.667. The van der Waals surface area contributed by atoms with Crippen molar-refractivity contribution in [3.8, 4) is 0 Å². The second kappa shape index (κ2) is 8.67. The van der Waals surface area contributed by atoms with Gasteiger partial charge in [-0.1, -0.05) is 57.5 Å². The summed E-state index contributed by atoms with van der Waals surface area (Å²) < 4.78 is 4.75. The van der Waals surface area contributed by atoms with E-state index in [4.69, 9.17) is 9.63 Å². The van der Waals surface area contributed by atoms with Gasteiger partial charge in [0.2, 0.25) is 0 Å². The average molecular weight is 268 g/mol. The Bertz CT molecular complexity index is 377. The van der Waals surface area contributed by atoms with Gasteiger partial charge < -0.3 is 9.63 Å². The Morgan fingerprint density at radius 2 is 1.84 bits per heavy atom. The number of carboxylic acid groups (broad SMARTS) is 1. The number of rotatable bonds is 10. The summed E-state index contributed by atoms with van der Waals surface area (Å²) in [5.41, 5.74) is 0. The number of carboxylic acids is 1. The van der Waals surface area contributed by atoms with Crippen LogP contribution in [0.1, 0.15) is 87.6 Å². The minimum absolute atomic E-state index is 0.230. The number of carbonyl (C=O) groups is 1. The third-order valence-electron chi connectivity index (χ3n) is 3.30. The molecule has 108 valence electrons. The SMILES string of the molecule is CCCCCCC(CCCC)c1noc(C(=O)O)n1. The maximum Gasteiger partial charge on any atom is 0.394 e. The topological polar surface area (TPSA) is 76.2 Å². The molecule has 0 aliphatic carbocycles. The Kier molecular flexibility index (Phi) is 7.15. The fraction of sp³-hybridized carbons (Fsp3) is 0.786.